The zero-order chi connectivity index (χ0) is 12.8. The van der Waals surface area contributed by atoms with Gasteiger partial charge in [-0.05, 0) is 38.8 Å². The van der Waals surface area contributed by atoms with Crippen LogP contribution >= 0.6 is 24.8 Å². The molecule has 0 bridgehead atoms. The van der Waals surface area contributed by atoms with E-state index in [1.165, 1.54) is 12.8 Å². The lowest BCUT2D eigenvalue weighted by Gasteiger charge is -2.28. The largest absolute Gasteiger partial charge is 0.353 e. The highest BCUT2D eigenvalue weighted by Crippen LogP contribution is 2.14. The lowest BCUT2D eigenvalue weighted by atomic mass is 9.93. The van der Waals surface area contributed by atoms with Crippen molar-refractivity contribution in [3.8, 4) is 0 Å². The Bertz CT molecular complexity index is 366. The standard InChI is InChI=1S/C13H22N4O.2ClH/c1-11(12-3-2-5-14-9-12)16-13(18)4-7-17-8-6-15-10-17;;/h6,8,10-12,14H,2-5,7,9H2,1H3,(H,16,18);2*1H. The van der Waals surface area contributed by atoms with Crippen molar-refractivity contribution < 1.29 is 4.79 Å². The maximum Gasteiger partial charge on any atom is 0.222 e. The van der Waals surface area contributed by atoms with Crippen LogP contribution in [0.3, 0.4) is 0 Å². The number of nitrogens with zero attached hydrogens (tertiary/aromatic N) is 2. The van der Waals surface area contributed by atoms with Crippen LogP contribution in [-0.2, 0) is 11.3 Å². The van der Waals surface area contributed by atoms with Crippen molar-refractivity contribution >= 4 is 30.7 Å². The molecule has 116 valence electrons. The van der Waals surface area contributed by atoms with Crippen LogP contribution in [0, 0.1) is 5.92 Å². The molecular formula is C13H24Cl2N4O. The van der Waals surface area contributed by atoms with Gasteiger partial charge in [-0.25, -0.2) is 4.98 Å². The Morgan fingerprint density at radius 3 is 2.95 bits per heavy atom. The molecule has 2 heterocycles. The van der Waals surface area contributed by atoms with E-state index in [1.54, 1.807) is 12.5 Å². The molecule has 5 nitrogen and oxygen atoms in total. The van der Waals surface area contributed by atoms with E-state index in [-0.39, 0.29) is 36.8 Å². The maximum absolute atomic E-state index is 11.8. The van der Waals surface area contributed by atoms with E-state index in [2.05, 4.69) is 22.5 Å². The number of rotatable bonds is 5. The van der Waals surface area contributed by atoms with E-state index in [0.717, 1.165) is 13.1 Å². The molecule has 1 fully saturated rings. The summed E-state index contributed by atoms with van der Waals surface area (Å²) >= 11 is 0. The first-order chi connectivity index (χ1) is 8.75. The lowest BCUT2D eigenvalue weighted by molar-refractivity contribution is -0.122. The zero-order valence-electron chi connectivity index (χ0n) is 11.7. The summed E-state index contributed by atoms with van der Waals surface area (Å²) in [5.41, 5.74) is 0. The summed E-state index contributed by atoms with van der Waals surface area (Å²) in [6.07, 6.45) is 8.27. The first-order valence-electron chi connectivity index (χ1n) is 6.71. The highest BCUT2D eigenvalue weighted by atomic mass is 35.5. The molecule has 0 saturated carbocycles. The van der Waals surface area contributed by atoms with Gasteiger partial charge in [0.25, 0.3) is 0 Å². The number of piperidine rings is 1. The van der Waals surface area contributed by atoms with Crippen molar-refractivity contribution in [1.82, 2.24) is 20.2 Å². The summed E-state index contributed by atoms with van der Waals surface area (Å²) in [5.74, 6) is 0.692. The van der Waals surface area contributed by atoms with Crippen molar-refractivity contribution in [1.29, 1.82) is 0 Å². The van der Waals surface area contributed by atoms with E-state index in [9.17, 15) is 4.79 Å². The minimum absolute atomic E-state index is 0. The third-order valence-corrected chi connectivity index (χ3v) is 3.59. The molecule has 1 aromatic rings. The normalized spacial score (nSPS) is 19.4. The molecule has 1 amide bonds. The summed E-state index contributed by atoms with van der Waals surface area (Å²) in [7, 11) is 0. The molecule has 1 aliphatic rings. The molecule has 7 heteroatoms. The van der Waals surface area contributed by atoms with Crippen LogP contribution in [-0.4, -0.2) is 34.6 Å². The predicted octanol–water partition coefficient (Wildman–Crippen LogP) is 1.62. The van der Waals surface area contributed by atoms with Crippen molar-refractivity contribution in [3.63, 3.8) is 0 Å². The number of amides is 1. The number of aromatic nitrogens is 2. The highest BCUT2D eigenvalue weighted by molar-refractivity contribution is 5.85. The average Bonchev–Trinajstić information content (AvgIpc) is 2.90. The fraction of sp³-hybridized carbons (Fsp3) is 0.692. The molecule has 0 spiro atoms. The molecule has 0 aliphatic carbocycles. The summed E-state index contributed by atoms with van der Waals surface area (Å²) < 4.78 is 1.92. The maximum atomic E-state index is 11.8. The van der Waals surface area contributed by atoms with Crippen LogP contribution in [0.2, 0.25) is 0 Å². The Kier molecular flexibility index (Phi) is 9.63. The third-order valence-electron chi connectivity index (χ3n) is 3.59. The molecule has 1 aromatic heterocycles. The van der Waals surface area contributed by atoms with Crippen LogP contribution in [0.15, 0.2) is 18.7 Å². The second-order valence-electron chi connectivity index (χ2n) is 5.01. The van der Waals surface area contributed by atoms with Gasteiger partial charge in [0.1, 0.15) is 0 Å². The van der Waals surface area contributed by atoms with Crippen LogP contribution in [0.5, 0.6) is 0 Å². The van der Waals surface area contributed by atoms with Crippen LogP contribution in [0.25, 0.3) is 0 Å². The number of hydrogen-bond acceptors (Lipinski definition) is 3. The third kappa shape index (κ3) is 6.11. The molecule has 0 aromatic carbocycles. The molecule has 2 unspecified atom stereocenters. The van der Waals surface area contributed by atoms with E-state index >= 15 is 0 Å². The quantitative estimate of drug-likeness (QED) is 0.866. The minimum Gasteiger partial charge on any atom is -0.353 e. The first-order valence-corrected chi connectivity index (χ1v) is 6.71. The van der Waals surface area contributed by atoms with Gasteiger partial charge >= 0.3 is 0 Å². The Balaban J connectivity index is 0.00000180. The van der Waals surface area contributed by atoms with Crippen molar-refractivity contribution in [2.45, 2.75) is 38.8 Å². The van der Waals surface area contributed by atoms with Gasteiger partial charge in [0.2, 0.25) is 5.91 Å². The Labute approximate surface area is 132 Å². The second kappa shape index (κ2) is 10.0. The highest BCUT2D eigenvalue weighted by Gasteiger charge is 2.20. The van der Waals surface area contributed by atoms with Crippen LogP contribution < -0.4 is 10.6 Å². The SMILES string of the molecule is CC(NC(=O)CCn1ccnc1)C1CCCNC1.Cl.Cl. The summed E-state index contributed by atoms with van der Waals surface area (Å²) in [6.45, 7) is 4.93. The monoisotopic (exact) mass is 322 g/mol. The van der Waals surface area contributed by atoms with Crippen molar-refractivity contribution in [3.05, 3.63) is 18.7 Å². The number of carbonyl (C=O) groups excluding carboxylic acids is 1. The van der Waals surface area contributed by atoms with Gasteiger partial charge in [-0.15, -0.1) is 24.8 Å². The van der Waals surface area contributed by atoms with Crippen molar-refractivity contribution in [2.24, 2.45) is 5.92 Å². The average molecular weight is 323 g/mol. The molecule has 1 saturated heterocycles. The summed E-state index contributed by atoms with van der Waals surface area (Å²) in [5, 5.41) is 6.48. The minimum atomic E-state index is 0. The number of halogens is 2. The fourth-order valence-corrected chi connectivity index (χ4v) is 2.40. The number of nitrogens with one attached hydrogen (secondary N) is 2. The van der Waals surface area contributed by atoms with Crippen LogP contribution in [0.4, 0.5) is 0 Å². The number of hydrogen-bond donors (Lipinski definition) is 2. The number of carbonyl (C=O) groups is 1. The Morgan fingerprint density at radius 1 is 1.55 bits per heavy atom. The molecule has 2 atom stereocenters. The van der Waals surface area contributed by atoms with Gasteiger partial charge < -0.3 is 15.2 Å². The fourth-order valence-electron chi connectivity index (χ4n) is 2.40. The first kappa shape index (κ1) is 19.2. The van der Waals surface area contributed by atoms with Crippen LogP contribution in [0.1, 0.15) is 26.2 Å². The second-order valence-corrected chi connectivity index (χ2v) is 5.01. The van der Waals surface area contributed by atoms with Gasteiger partial charge in [0.05, 0.1) is 6.33 Å². The molecule has 20 heavy (non-hydrogen) atoms. The van der Waals surface area contributed by atoms with Gasteiger partial charge in [-0.3, -0.25) is 4.79 Å². The molecule has 1 aliphatic heterocycles. The predicted molar refractivity (Wildman–Crippen MR) is 84.5 cm³/mol. The van der Waals surface area contributed by atoms with E-state index in [4.69, 9.17) is 0 Å². The van der Waals surface area contributed by atoms with Gasteiger partial charge in [0, 0.05) is 31.4 Å². The smallest absolute Gasteiger partial charge is 0.222 e. The summed E-state index contributed by atoms with van der Waals surface area (Å²) in [6, 6.07) is 0.257. The lowest BCUT2D eigenvalue weighted by Crippen LogP contribution is -2.44. The van der Waals surface area contributed by atoms with E-state index < -0.39 is 0 Å². The molecular weight excluding hydrogens is 299 g/mol. The molecule has 0 radical (unpaired) electrons. The summed E-state index contributed by atoms with van der Waals surface area (Å²) in [4.78, 5) is 15.8. The molecule has 2 N–H and O–H groups in total. The Morgan fingerprint density at radius 2 is 2.35 bits per heavy atom. The van der Waals surface area contributed by atoms with Gasteiger partial charge in [-0.2, -0.15) is 0 Å². The van der Waals surface area contributed by atoms with E-state index in [1.807, 2.05) is 10.8 Å². The van der Waals surface area contributed by atoms with Crippen molar-refractivity contribution in [2.75, 3.05) is 13.1 Å². The number of aryl methyl sites for hydroxylation is 1. The van der Waals surface area contributed by atoms with Gasteiger partial charge in [-0.1, -0.05) is 0 Å². The number of imidazole rings is 1. The Hall–Kier alpha value is -0.780. The topological polar surface area (TPSA) is 59.0 Å². The molecule has 2 rings (SSSR count). The zero-order valence-corrected chi connectivity index (χ0v) is 13.4. The van der Waals surface area contributed by atoms with Gasteiger partial charge in [0.15, 0.2) is 0 Å². The van der Waals surface area contributed by atoms with E-state index in [0.29, 0.717) is 18.9 Å².